The zero-order valence-electron chi connectivity index (χ0n) is 10.2. The van der Waals surface area contributed by atoms with E-state index in [2.05, 4.69) is 15.5 Å². The molecule has 3 rings (SSSR count). The fourth-order valence-electron chi connectivity index (χ4n) is 2.21. The van der Waals surface area contributed by atoms with Crippen molar-refractivity contribution in [2.45, 2.75) is 32.3 Å². The van der Waals surface area contributed by atoms with Crippen molar-refractivity contribution in [3.63, 3.8) is 0 Å². The quantitative estimate of drug-likeness (QED) is 0.808. The summed E-state index contributed by atoms with van der Waals surface area (Å²) in [5.41, 5.74) is 0. The Morgan fingerprint density at radius 2 is 2.29 bits per heavy atom. The molecule has 1 atom stereocenters. The lowest BCUT2D eigenvalue weighted by Gasteiger charge is -2.25. The smallest absolute Gasteiger partial charge is 0.227 e. The van der Waals surface area contributed by atoms with Crippen molar-refractivity contribution in [3.8, 4) is 0 Å². The molecule has 1 aromatic rings. The molecule has 5 heteroatoms. The van der Waals surface area contributed by atoms with Crippen molar-refractivity contribution in [3.05, 3.63) is 11.7 Å². The molecule has 17 heavy (non-hydrogen) atoms. The van der Waals surface area contributed by atoms with Crippen LogP contribution in [0.1, 0.15) is 37.6 Å². The third kappa shape index (κ3) is 2.50. The van der Waals surface area contributed by atoms with Gasteiger partial charge in [0, 0.05) is 13.0 Å². The number of nitrogens with zero attached hydrogens (tertiary/aromatic N) is 2. The molecule has 5 nitrogen and oxygen atoms in total. The SMILES string of the molecule is CCOC(c1noc(CC2CNC2)n1)C1CC1. The summed E-state index contributed by atoms with van der Waals surface area (Å²) >= 11 is 0. The summed E-state index contributed by atoms with van der Waals surface area (Å²) in [5.74, 6) is 2.77. The van der Waals surface area contributed by atoms with Crippen LogP contribution >= 0.6 is 0 Å². The van der Waals surface area contributed by atoms with E-state index in [0.717, 1.165) is 31.2 Å². The standard InChI is InChI=1S/C12H19N3O2/c1-2-16-11(9-3-4-9)12-14-10(17-15-12)5-8-6-13-7-8/h8-9,11,13H,2-7H2,1H3. The molecule has 94 valence electrons. The number of hydrogen-bond acceptors (Lipinski definition) is 5. The molecule has 0 bridgehead atoms. The van der Waals surface area contributed by atoms with Gasteiger partial charge in [-0.1, -0.05) is 5.16 Å². The molecular weight excluding hydrogens is 218 g/mol. The molecular formula is C12H19N3O2. The number of aromatic nitrogens is 2. The van der Waals surface area contributed by atoms with Crippen molar-refractivity contribution in [2.24, 2.45) is 11.8 Å². The third-order valence-corrected chi connectivity index (χ3v) is 3.46. The first kappa shape index (κ1) is 11.2. The first-order chi connectivity index (χ1) is 8.36. The summed E-state index contributed by atoms with van der Waals surface area (Å²) in [5, 5.41) is 7.32. The van der Waals surface area contributed by atoms with Crippen molar-refractivity contribution in [1.82, 2.24) is 15.5 Å². The zero-order valence-corrected chi connectivity index (χ0v) is 10.2. The van der Waals surface area contributed by atoms with Gasteiger partial charge in [0.2, 0.25) is 11.7 Å². The van der Waals surface area contributed by atoms with Gasteiger partial charge in [0.1, 0.15) is 6.10 Å². The number of rotatable bonds is 6. The number of ether oxygens (including phenoxy) is 1. The van der Waals surface area contributed by atoms with Crippen molar-refractivity contribution >= 4 is 0 Å². The first-order valence-corrected chi connectivity index (χ1v) is 6.51. The molecule has 0 radical (unpaired) electrons. The van der Waals surface area contributed by atoms with Crippen molar-refractivity contribution < 1.29 is 9.26 Å². The predicted molar refractivity (Wildman–Crippen MR) is 61.5 cm³/mol. The van der Waals surface area contributed by atoms with E-state index in [1.54, 1.807) is 0 Å². The van der Waals surface area contributed by atoms with Gasteiger partial charge in [-0.3, -0.25) is 0 Å². The van der Waals surface area contributed by atoms with Crippen LogP contribution in [0.4, 0.5) is 0 Å². The van der Waals surface area contributed by atoms with E-state index in [4.69, 9.17) is 9.26 Å². The van der Waals surface area contributed by atoms with Gasteiger partial charge in [0.25, 0.3) is 0 Å². The molecule has 1 aliphatic heterocycles. The molecule has 1 saturated heterocycles. The van der Waals surface area contributed by atoms with E-state index in [0.29, 0.717) is 18.4 Å². The Kier molecular flexibility index (Phi) is 3.11. The van der Waals surface area contributed by atoms with Crippen LogP contribution in [0.5, 0.6) is 0 Å². The van der Waals surface area contributed by atoms with Crippen molar-refractivity contribution in [1.29, 1.82) is 0 Å². The Labute approximate surface area is 101 Å². The Balaban J connectivity index is 1.64. The van der Waals surface area contributed by atoms with Crippen LogP contribution in [0.25, 0.3) is 0 Å². The van der Waals surface area contributed by atoms with Crippen LogP contribution in [0.2, 0.25) is 0 Å². The summed E-state index contributed by atoms with van der Waals surface area (Å²) in [6, 6.07) is 0. The summed E-state index contributed by atoms with van der Waals surface area (Å²) in [4.78, 5) is 4.48. The van der Waals surface area contributed by atoms with Crippen LogP contribution in [-0.4, -0.2) is 29.8 Å². The molecule has 1 saturated carbocycles. The maximum Gasteiger partial charge on any atom is 0.227 e. The highest BCUT2D eigenvalue weighted by Gasteiger charge is 2.36. The molecule has 2 fully saturated rings. The zero-order chi connectivity index (χ0) is 11.7. The Morgan fingerprint density at radius 1 is 1.47 bits per heavy atom. The molecule has 1 aliphatic carbocycles. The maximum atomic E-state index is 5.71. The van der Waals surface area contributed by atoms with Gasteiger partial charge in [-0.25, -0.2) is 0 Å². The fraction of sp³-hybridized carbons (Fsp3) is 0.833. The lowest BCUT2D eigenvalue weighted by atomic mass is 10.00. The molecule has 1 N–H and O–H groups in total. The van der Waals surface area contributed by atoms with Crippen LogP contribution < -0.4 is 5.32 Å². The van der Waals surface area contributed by atoms with Crippen molar-refractivity contribution in [2.75, 3.05) is 19.7 Å². The highest BCUT2D eigenvalue weighted by molar-refractivity contribution is 4.99. The van der Waals surface area contributed by atoms with E-state index in [-0.39, 0.29) is 6.10 Å². The average Bonchev–Trinajstić information content (AvgIpc) is 3.00. The largest absolute Gasteiger partial charge is 0.370 e. The lowest BCUT2D eigenvalue weighted by molar-refractivity contribution is 0.0384. The molecule has 0 amide bonds. The predicted octanol–water partition coefficient (Wildman–Crippen LogP) is 1.32. The minimum absolute atomic E-state index is 0.0528. The molecule has 1 aromatic heterocycles. The lowest BCUT2D eigenvalue weighted by Crippen LogP contribution is -2.43. The normalized spacial score (nSPS) is 22.4. The molecule has 0 aromatic carbocycles. The van der Waals surface area contributed by atoms with E-state index in [1.807, 2.05) is 6.92 Å². The highest BCUT2D eigenvalue weighted by atomic mass is 16.5. The minimum atomic E-state index is 0.0528. The highest BCUT2D eigenvalue weighted by Crippen LogP contribution is 2.42. The average molecular weight is 237 g/mol. The molecule has 2 aliphatic rings. The van der Waals surface area contributed by atoms with E-state index in [1.165, 1.54) is 12.8 Å². The van der Waals surface area contributed by atoms with E-state index >= 15 is 0 Å². The summed E-state index contributed by atoms with van der Waals surface area (Å²) < 4.78 is 11.0. The Bertz CT molecular complexity index is 372. The second-order valence-corrected chi connectivity index (χ2v) is 4.99. The summed E-state index contributed by atoms with van der Waals surface area (Å²) in [6.45, 7) is 4.85. The van der Waals surface area contributed by atoms with E-state index in [9.17, 15) is 0 Å². The second-order valence-electron chi connectivity index (χ2n) is 4.99. The van der Waals surface area contributed by atoms with E-state index < -0.39 is 0 Å². The summed E-state index contributed by atoms with van der Waals surface area (Å²) in [6.07, 6.45) is 3.39. The summed E-state index contributed by atoms with van der Waals surface area (Å²) in [7, 11) is 0. The Morgan fingerprint density at radius 3 is 2.88 bits per heavy atom. The fourth-order valence-corrected chi connectivity index (χ4v) is 2.21. The number of hydrogen-bond donors (Lipinski definition) is 1. The molecule has 1 unspecified atom stereocenters. The van der Waals surface area contributed by atoms with Gasteiger partial charge in [0.05, 0.1) is 0 Å². The minimum Gasteiger partial charge on any atom is -0.370 e. The van der Waals surface area contributed by atoms with Crippen LogP contribution in [0, 0.1) is 11.8 Å². The first-order valence-electron chi connectivity index (χ1n) is 6.51. The topological polar surface area (TPSA) is 60.2 Å². The molecule has 0 spiro atoms. The van der Waals surface area contributed by atoms with Crippen LogP contribution in [-0.2, 0) is 11.2 Å². The van der Waals surface area contributed by atoms with Gasteiger partial charge in [-0.2, -0.15) is 4.98 Å². The van der Waals surface area contributed by atoms with Gasteiger partial charge in [0.15, 0.2) is 0 Å². The maximum absolute atomic E-state index is 5.71. The Hall–Kier alpha value is -0.940. The third-order valence-electron chi connectivity index (χ3n) is 3.46. The monoisotopic (exact) mass is 237 g/mol. The van der Waals surface area contributed by atoms with Gasteiger partial charge < -0.3 is 14.6 Å². The van der Waals surface area contributed by atoms with Gasteiger partial charge in [-0.05, 0) is 44.7 Å². The molecule has 2 heterocycles. The van der Waals surface area contributed by atoms with Gasteiger partial charge in [-0.15, -0.1) is 0 Å². The number of nitrogens with one attached hydrogen (secondary N) is 1. The van der Waals surface area contributed by atoms with Gasteiger partial charge >= 0.3 is 0 Å². The van der Waals surface area contributed by atoms with Crippen LogP contribution in [0.15, 0.2) is 4.52 Å². The second kappa shape index (κ2) is 4.74. The van der Waals surface area contributed by atoms with Crippen LogP contribution in [0.3, 0.4) is 0 Å².